The van der Waals surface area contributed by atoms with Crippen molar-refractivity contribution in [1.29, 1.82) is 0 Å². The summed E-state index contributed by atoms with van der Waals surface area (Å²) >= 11 is 0. The Bertz CT molecular complexity index is 241. The summed E-state index contributed by atoms with van der Waals surface area (Å²) in [7, 11) is 0. The summed E-state index contributed by atoms with van der Waals surface area (Å²) in [5, 5.41) is 8.26. The van der Waals surface area contributed by atoms with Gasteiger partial charge >= 0.3 is 0 Å². The largest absolute Gasteiger partial charge is 0.188 e. The highest BCUT2D eigenvalue weighted by molar-refractivity contribution is 4.90. The maximum absolute atomic E-state index is 4.13. The van der Waals surface area contributed by atoms with Crippen LogP contribution in [0.15, 0.2) is 10.2 Å². The van der Waals surface area contributed by atoms with Crippen LogP contribution in [0.2, 0.25) is 0 Å². The Morgan fingerprint density at radius 3 is 2.12 bits per heavy atom. The van der Waals surface area contributed by atoms with Crippen LogP contribution in [-0.2, 0) is 0 Å². The van der Waals surface area contributed by atoms with E-state index >= 15 is 0 Å². The zero-order valence-electron chi connectivity index (χ0n) is 12.3. The van der Waals surface area contributed by atoms with Gasteiger partial charge in [-0.2, -0.15) is 10.2 Å². The molecule has 0 radical (unpaired) electrons. The molecule has 1 rings (SSSR count). The molecule has 1 heterocycles. The molecule has 0 bridgehead atoms. The fourth-order valence-electron chi connectivity index (χ4n) is 2.68. The van der Waals surface area contributed by atoms with Gasteiger partial charge in [-0.25, -0.2) is 0 Å². The second kappa shape index (κ2) is 6.51. The second-order valence-electron chi connectivity index (χ2n) is 6.29. The van der Waals surface area contributed by atoms with Crippen LogP contribution < -0.4 is 0 Å². The Morgan fingerprint density at radius 1 is 0.882 bits per heavy atom. The molecule has 0 aliphatic carbocycles. The summed E-state index contributed by atoms with van der Waals surface area (Å²) in [5.41, 5.74) is 0.525. The third kappa shape index (κ3) is 5.65. The van der Waals surface area contributed by atoms with Crippen LogP contribution in [0.25, 0.3) is 0 Å². The Labute approximate surface area is 107 Å². The molecule has 1 aliphatic rings. The van der Waals surface area contributed by atoms with Gasteiger partial charge in [-0.15, -0.1) is 0 Å². The smallest absolute Gasteiger partial charge is 0.159 e. The Balaban J connectivity index is 2.26. The molecular formula is C15H30N2. The molecule has 0 N–H and O–H groups in total. The fourth-order valence-corrected chi connectivity index (χ4v) is 2.68. The quantitative estimate of drug-likeness (QED) is 0.434. The highest BCUT2D eigenvalue weighted by Gasteiger charge is 2.36. The highest BCUT2D eigenvalue weighted by atomic mass is 15.4. The van der Waals surface area contributed by atoms with Crippen molar-refractivity contribution in [3.8, 4) is 0 Å². The topological polar surface area (TPSA) is 24.7 Å². The van der Waals surface area contributed by atoms with Gasteiger partial charge in [0.05, 0.1) is 0 Å². The van der Waals surface area contributed by atoms with Crippen molar-refractivity contribution in [3.05, 3.63) is 0 Å². The molecular weight excluding hydrogens is 208 g/mol. The van der Waals surface area contributed by atoms with E-state index in [4.69, 9.17) is 0 Å². The van der Waals surface area contributed by atoms with Crippen LogP contribution in [0.1, 0.15) is 85.5 Å². The van der Waals surface area contributed by atoms with Crippen molar-refractivity contribution >= 4 is 0 Å². The van der Waals surface area contributed by atoms with E-state index in [-0.39, 0.29) is 5.66 Å². The molecule has 1 atom stereocenters. The van der Waals surface area contributed by atoms with E-state index in [1.54, 1.807) is 0 Å². The predicted octanol–water partition coefficient (Wildman–Crippen LogP) is 5.73. The van der Waals surface area contributed by atoms with Crippen molar-refractivity contribution in [2.75, 3.05) is 0 Å². The van der Waals surface area contributed by atoms with Gasteiger partial charge < -0.3 is 0 Å². The molecule has 0 aromatic heterocycles. The van der Waals surface area contributed by atoms with E-state index in [9.17, 15) is 0 Å². The average Bonchev–Trinajstić information content (AvgIpc) is 3.02. The maximum atomic E-state index is 4.13. The van der Waals surface area contributed by atoms with E-state index in [2.05, 4.69) is 37.9 Å². The number of unbranched alkanes of at least 4 members (excludes halogenated alkanes) is 3. The van der Waals surface area contributed by atoms with Crippen LogP contribution in [0.3, 0.4) is 0 Å². The van der Waals surface area contributed by atoms with E-state index in [0.717, 1.165) is 6.42 Å². The van der Waals surface area contributed by atoms with Crippen molar-refractivity contribution in [1.82, 2.24) is 0 Å². The minimum absolute atomic E-state index is 0.00157. The van der Waals surface area contributed by atoms with E-state index in [0.29, 0.717) is 5.41 Å². The van der Waals surface area contributed by atoms with Gasteiger partial charge in [0.15, 0.2) is 5.66 Å². The molecule has 100 valence electrons. The van der Waals surface area contributed by atoms with Crippen molar-refractivity contribution in [2.24, 2.45) is 15.6 Å². The van der Waals surface area contributed by atoms with Crippen LogP contribution in [0.5, 0.6) is 0 Å². The summed E-state index contributed by atoms with van der Waals surface area (Å²) in [4.78, 5) is 0. The Hall–Kier alpha value is -0.400. The summed E-state index contributed by atoms with van der Waals surface area (Å²) in [6, 6.07) is 0. The lowest BCUT2D eigenvalue weighted by Crippen LogP contribution is -2.19. The third-order valence-electron chi connectivity index (χ3n) is 4.13. The maximum Gasteiger partial charge on any atom is 0.188 e. The lowest BCUT2D eigenvalue weighted by atomic mass is 9.76. The number of hydrogen-bond acceptors (Lipinski definition) is 2. The van der Waals surface area contributed by atoms with Crippen LogP contribution in [0, 0.1) is 5.41 Å². The first-order chi connectivity index (χ1) is 8.04. The van der Waals surface area contributed by atoms with Crippen molar-refractivity contribution < 1.29 is 0 Å². The molecule has 0 saturated carbocycles. The zero-order valence-corrected chi connectivity index (χ0v) is 12.3. The van der Waals surface area contributed by atoms with Gasteiger partial charge in [0.1, 0.15) is 0 Å². The summed E-state index contributed by atoms with van der Waals surface area (Å²) in [6.45, 7) is 9.20. The third-order valence-corrected chi connectivity index (χ3v) is 4.13. The highest BCUT2D eigenvalue weighted by Crippen LogP contribution is 2.41. The van der Waals surface area contributed by atoms with Gasteiger partial charge in [-0.05, 0) is 38.0 Å². The molecule has 0 aromatic rings. The molecule has 0 fully saturated rings. The fraction of sp³-hybridized carbons (Fsp3) is 1.00. The van der Waals surface area contributed by atoms with Crippen molar-refractivity contribution in [3.63, 3.8) is 0 Å². The van der Waals surface area contributed by atoms with E-state index < -0.39 is 0 Å². The Kier molecular flexibility index (Phi) is 5.61. The van der Waals surface area contributed by atoms with Gasteiger partial charge in [-0.3, -0.25) is 0 Å². The first-order valence-electron chi connectivity index (χ1n) is 7.48. The van der Waals surface area contributed by atoms with Crippen molar-refractivity contribution in [2.45, 2.75) is 91.1 Å². The molecule has 0 amide bonds. The molecule has 0 saturated heterocycles. The number of rotatable bonds is 10. The zero-order chi connectivity index (χ0) is 12.8. The average molecular weight is 238 g/mol. The predicted molar refractivity (Wildman–Crippen MR) is 74.3 cm³/mol. The summed E-state index contributed by atoms with van der Waals surface area (Å²) in [5.74, 6) is 0. The number of nitrogens with zero attached hydrogens (tertiary/aromatic N) is 2. The molecule has 1 unspecified atom stereocenters. The summed E-state index contributed by atoms with van der Waals surface area (Å²) < 4.78 is 0. The molecule has 2 heteroatoms. The molecule has 0 aromatic carbocycles. The van der Waals surface area contributed by atoms with Gasteiger partial charge in [-0.1, -0.05) is 52.9 Å². The lowest BCUT2D eigenvalue weighted by Gasteiger charge is -2.30. The molecule has 2 nitrogen and oxygen atoms in total. The first kappa shape index (κ1) is 14.7. The van der Waals surface area contributed by atoms with E-state index in [1.165, 1.54) is 51.4 Å². The van der Waals surface area contributed by atoms with Crippen LogP contribution in [-0.4, -0.2) is 5.66 Å². The monoisotopic (exact) mass is 238 g/mol. The molecule has 0 spiro atoms. The van der Waals surface area contributed by atoms with Gasteiger partial charge in [0.2, 0.25) is 0 Å². The minimum Gasteiger partial charge on any atom is -0.159 e. The van der Waals surface area contributed by atoms with Crippen LogP contribution >= 0.6 is 0 Å². The lowest BCUT2D eigenvalue weighted by molar-refractivity contribution is 0.222. The minimum atomic E-state index is -0.00157. The second-order valence-corrected chi connectivity index (χ2v) is 6.29. The standard InChI is InChI=1S/C15H30N2/c1-5-7-8-9-11-14(3,10-6-2)12-13-15(4)16-17-15/h5-13H2,1-4H3. The normalized spacial score (nSPS) is 20.2. The van der Waals surface area contributed by atoms with E-state index in [1.807, 2.05) is 0 Å². The van der Waals surface area contributed by atoms with Crippen LogP contribution in [0.4, 0.5) is 0 Å². The molecule has 1 aliphatic heterocycles. The first-order valence-corrected chi connectivity index (χ1v) is 7.48. The van der Waals surface area contributed by atoms with Gasteiger partial charge in [0.25, 0.3) is 0 Å². The summed E-state index contributed by atoms with van der Waals surface area (Å²) in [6.07, 6.45) is 12.0. The number of hydrogen-bond donors (Lipinski definition) is 0. The molecule has 17 heavy (non-hydrogen) atoms. The Morgan fingerprint density at radius 2 is 1.59 bits per heavy atom. The van der Waals surface area contributed by atoms with Gasteiger partial charge in [0, 0.05) is 0 Å². The SMILES string of the molecule is CCCCCCC(C)(CCC)CCC1(C)N=N1.